The van der Waals surface area contributed by atoms with Crippen LogP contribution in [0.25, 0.3) is 0 Å². The molecule has 98 heavy (non-hydrogen) atoms. The van der Waals surface area contributed by atoms with E-state index in [-0.39, 0.29) is 25.7 Å². The highest BCUT2D eigenvalue weighted by Crippen LogP contribution is 2.45. The lowest BCUT2D eigenvalue weighted by atomic mass is 10.0. The Kier molecular flexibility index (Phi) is 68.1. The van der Waals surface area contributed by atoms with Crippen LogP contribution >= 0.6 is 15.6 Å². The molecule has 0 aromatic rings. The monoisotopic (exact) mass is 1440 g/mol. The zero-order valence-electron chi connectivity index (χ0n) is 64.3. The van der Waals surface area contributed by atoms with E-state index in [9.17, 15) is 43.2 Å². The van der Waals surface area contributed by atoms with Crippen molar-refractivity contribution in [3.63, 3.8) is 0 Å². The summed E-state index contributed by atoms with van der Waals surface area (Å²) in [5, 5.41) is 10.6. The minimum atomic E-state index is -4.96. The van der Waals surface area contributed by atoms with Crippen LogP contribution in [-0.4, -0.2) is 96.7 Å². The van der Waals surface area contributed by atoms with E-state index in [1.165, 1.54) is 218 Å². The number of rotatable bonds is 77. The summed E-state index contributed by atoms with van der Waals surface area (Å²) in [6, 6.07) is 0. The van der Waals surface area contributed by atoms with Gasteiger partial charge in [0.2, 0.25) is 0 Å². The first-order valence-corrected chi connectivity index (χ1v) is 43.8. The van der Waals surface area contributed by atoms with Gasteiger partial charge in [-0.2, -0.15) is 0 Å². The quantitative estimate of drug-likeness (QED) is 0.0222. The normalized spacial score (nSPS) is 14.0. The molecule has 0 spiro atoms. The summed E-state index contributed by atoms with van der Waals surface area (Å²) in [4.78, 5) is 73.0. The molecule has 0 amide bonds. The van der Waals surface area contributed by atoms with Crippen molar-refractivity contribution in [3.05, 3.63) is 0 Å². The number of aliphatic hydroxyl groups excluding tert-OH is 1. The maximum Gasteiger partial charge on any atom is 0.472 e. The van der Waals surface area contributed by atoms with Gasteiger partial charge in [0.05, 0.1) is 26.4 Å². The smallest absolute Gasteiger partial charge is 0.462 e. The lowest BCUT2D eigenvalue weighted by molar-refractivity contribution is -0.161. The van der Waals surface area contributed by atoms with Gasteiger partial charge < -0.3 is 33.8 Å². The number of hydrogen-bond donors (Lipinski definition) is 3. The van der Waals surface area contributed by atoms with Crippen molar-refractivity contribution in [2.45, 2.75) is 426 Å². The fraction of sp³-hybridized carbons (Fsp3) is 0.949. The Bertz CT molecular complexity index is 1900. The highest BCUT2D eigenvalue weighted by molar-refractivity contribution is 7.47. The van der Waals surface area contributed by atoms with Gasteiger partial charge in [0, 0.05) is 25.7 Å². The molecule has 0 saturated carbocycles. The maximum absolute atomic E-state index is 13.1. The van der Waals surface area contributed by atoms with Gasteiger partial charge >= 0.3 is 39.5 Å². The van der Waals surface area contributed by atoms with Gasteiger partial charge in [-0.1, -0.05) is 357 Å². The number of phosphoric acid groups is 2. The van der Waals surface area contributed by atoms with Crippen molar-refractivity contribution >= 4 is 39.5 Å². The van der Waals surface area contributed by atoms with Gasteiger partial charge in [-0.15, -0.1) is 0 Å². The third-order valence-corrected chi connectivity index (χ3v) is 20.3. The summed E-state index contributed by atoms with van der Waals surface area (Å²) in [7, 11) is -9.92. The number of ether oxygens (including phenoxy) is 4. The molecule has 3 N–H and O–H groups in total. The Labute approximate surface area is 600 Å². The Morgan fingerprint density at radius 3 is 0.694 bits per heavy atom. The third kappa shape index (κ3) is 72.4. The summed E-state index contributed by atoms with van der Waals surface area (Å²) >= 11 is 0. The molecule has 0 aliphatic carbocycles. The van der Waals surface area contributed by atoms with E-state index < -0.39 is 97.5 Å². The molecule has 582 valence electrons. The SMILES string of the molecule is CCCCCCCCCCCCCCCC(=O)O[C@H](COC(=O)CCCCCCCCCCC(C)C)COP(=O)(O)OC[C@H](O)COP(=O)(O)OC[C@@H](COC(=O)CCCCCCCCCCCCCCCCC(C)C)OC(=O)CCCCCCCCCCCCCCCCC(C)C. The average Bonchev–Trinajstić information content (AvgIpc) is 1.02. The molecule has 0 heterocycles. The second-order valence-corrected chi connectivity index (χ2v) is 32.8. The van der Waals surface area contributed by atoms with Crippen LogP contribution in [-0.2, 0) is 65.4 Å². The summed E-state index contributed by atoms with van der Waals surface area (Å²) in [5.41, 5.74) is 0. The average molecular weight is 1440 g/mol. The van der Waals surface area contributed by atoms with Crippen LogP contribution in [0.1, 0.15) is 408 Å². The Morgan fingerprint density at radius 2 is 0.469 bits per heavy atom. The Morgan fingerprint density at radius 1 is 0.276 bits per heavy atom. The summed E-state index contributed by atoms with van der Waals surface area (Å²) < 4.78 is 68.7. The van der Waals surface area contributed by atoms with Crippen LogP contribution < -0.4 is 0 Å². The molecule has 0 bridgehead atoms. The molecule has 0 saturated heterocycles. The fourth-order valence-corrected chi connectivity index (χ4v) is 13.7. The molecule has 0 aromatic heterocycles. The lowest BCUT2D eigenvalue weighted by Gasteiger charge is -2.21. The van der Waals surface area contributed by atoms with Crippen LogP contribution in [0, 0.1) is 17.8 Å². The molecule has 2 unspecified atom stereocenters. The van der Waals surface area contributed by atoms with E-state index >= 15 is 0 Å². The molecule has 19 heteroatoms. The van der Waals surface area contributed by atoms with Crippen molar-refractivity contribution in [1.29, 1.82) is 0 Å². The Hall–Kier alpha value is -1.94. The molecule has 0 fully saturated rings. The Balaban J connectivity index is 5.25. The second-order valence-electron chi connectivity index (χ2n) is 29.9. The van der Waals surface area contributed by atoms with Crippen LogP contribution in [0.5, 0.6) is 0 Å². The fourth-order valence-electron chi connectivity index (χ4n) is 12.1. The van der Waals surface area contributed by atoms with Gasteiger partial charge in [-0.05, 0) is 43.4 Å². The molecular weight excluding hydrogens is 1280 g/mol. The van der Waals surface area contributed by atoms with Crippen LogP contribution in [0.15, 0.2) is 0 Å². The maximum atomic E-state index is 13.1. The molecule has 17 nitrogen and oxygen atoms in total. The molecule has 0 aromatic carbocycles. The second kappa shape index (κ2) is 69.4. The molecule has 0 radical (unpaired) electrons. The molecule has 5 atom stereocenters. The van der Waals surface area contributed by atoms with Gasteiger partial charge in [0.25, 0.3) is 0 Å². The predicted octanol–water partition coefficient (Wildman–Crippen LogP) is 23.4. The number of carbonyl (C=O) groups excluding carboxylic acids is 4. The number of phosphoric ester groups is 2. The zero-order chi connectivity index (χ0) is 72.3. The summed E-state index contributed by atoms with van der Waals surface area (Å²) in [5.74, 6) is 0.209. The number of unbranched alkanes of at least 4 members (excludes halogenated alkanes) is 45. The molecule has 0 rings (SSSR count). The van der Waals surface area contributed by atoms with Crippen molar-refractivity contribution < 1.29 is 80.2 Å². The number of hydrogen-bond acceptors (Lipinski definition) is 15. The molecular formula is C79H154O17P2. The van der Waals surface area contributed by atoms with Crippen LogP contribution in [0.4, 0.5) is 0 Å². The van der Waals surface area contributed by atoms with Crippen molar-refractivity contribution in [3.8, 4) is 0 Å². The third-order valence-electron chi connectivity index (χ3n) is 18.4. The van der Waals surface area contributed by atoms with Crippen LogP contribution in [0.3, 0.4) is 0 Å². The summed E-state index contributed by atoms with van der Waals surface area (Å²) in [6.07, 6.45) is 56.8. The van der Waals surface area contributed by atoms with E-state index in [4.69, 9.17) is 37.0 Å². The van der Waals surface area contributed by atoms with Gasteiger partial charge in [-0.3, -0.25) is 37.3 Å². The minimum Gasteiger partial charge on any atom is -0.462 e. The van der Waals surface area contributed by atoms with Crippen LogP contribution in [0.2, 0.25) is 0 Å². The zero-order valence-corrected chi connectivity index (χ0v) is 66.0. The van der Waals surface area contributed by atoms with E-state index in [0.29, 0.717) is 25.7 Å². The molecule has 0 aliphatic rings. The largest absolute Gasteiger partial charge is 0.472 e. The van der Waals surface area contributed by atoms with Crippen molar-refractivity contribution in [2.75, 3.05) is 39.6 Å². The van der Waals surface area contributed by atoms with Gasteiger partial charge in [0.1, 0.15) is 19.3 Å². The van der Waals surface area contributed by atoms with E-state index in [0.717, 1.165) is 108 Å². The number of esters is 4. The summed E-state index contributed by atoms with van der Waals surface area (Å²) in [6.45, 7) is 11.9. The van der Waals surface area contributed by atoms with Crippen molar-refractivity contribution in [1.82, 2.24) is 0 Å². The van der Waals surface area contributed by atoms with Gasteiger partial charge in [-0.25, -0.2) is 9.13 Å². The highest BCUT2D eigenvalue weighted by Gasteiger charge is 2.30. The van der Waals surface area contributed by atoms with E-state index in [2.05, 4.69) is 48.5 Å². The predicted molar refractivity (Wildman–Crippen MR) is 400 cm³/mol. The van der Waals surface area contributed by atoms with Crippen molar-refractivity contribution in [2.24, 2.45) is 17.8 Å². The number of aliphatic hydroxyl groups is 1. The number of carbonyl (C=O) groups is 4. The van der Waals surface area contributed by atoms with Gasteiger partial charge in [0.15, 0.2) is 12.2 Å². The molecule has 0 aliphatic heterocycles. The highest BCUT2D eigenvalue weighted by atomic mass is 31.2. The topological polar surface area (TPSA) is 237 Å². The van der Waals surface area contributed by atoms with E-state index in [1.807, 2.05) is 0 Å². The first-order chi connectivity index (χ1) is 47.2. The minimum absolute atomic E-state index is 0.107. The standard InChI is InChI=1S/C79H154O17P2/c1-8-9-10-11-12-13-14-19-27-32-41-48-55-62-78(83)96-75(67-90-77(82)61-54-47-40-35-34-38-45-52-59-72(6)7)69-94-98(87,88)92-65-73(80)64-91-97(85,86)93-68-74(95-79(84)63-56-49-42-33-28-23-18-16-21-25-30-37-44-51-58-71(4)5)66-89-76(81)60-53-46-39-31-26-22-17-15-20-24-29-36-43-50-57-70(2)3/h70-75,80H,8-69H2,1-7H3,(H,85,86)(H,87,88)/t73-,74-,75-/m1/s1. The van der Waals surface area contributed by atoms with E-state index in [1.54, 1.807) is 0 Å². The first-order valence-electron chi connectivity index (χ1n) is 40.8. The first kappa shape index (κ1) is 96.1. The lowest BCUT2D eigenvalue weighted by Crippen LogP contribution is -2.30.